The predicted octanol–water partition coefficient (Wildman–Crippen LogP) is 3.16. The molecule has 0 bridgehead atoms. The molecular formula is C12H13F2N3. The zero-order valence-corrected chi connectivity index (χ0v) is 9.61. The second-order valence-corrected chi connectivity index (χ2v) is 3.76. The highest BCUT2D eigenvalue weighted by Gasteiger charge is 2.12. The molecule has 0 atom stereocenters. The van der Waals surface area contributed by atoms with Crippen LogP contribution < -0.4 is 5.32 Å². The molecule has 2 aromatic rings. The highest BCUT2D eigenvalue weighted by atomic mass is 19.3. The molecule has 3 nitrogen and oxygen atoms in total. The van der Waals surface area contributed by atoms with Gasteiger partial charge in [0, 0.05) is 13.2 Å². The zero-order valence-electron chi connectivity index (χ0n) is 9.61. The fraction of sp³-hybridized carbons (Fsp3) is 0.250. The molecule has 2 rings (SSSR count). The summed E-state index contributed by atoms with van der Waals surface area (Å²) in [6.45, 7) is 1.97. The Morgan fingerprint density at radius 3 is 2.65 bits per heavy atom. The van der Waals surface area contributed by atoms with Crippen molar-refractivity contribution in [1.29, 1.82) is 0 Å². The molecule has 5 heteroatoms. The van der Waals surface area contributed by atoms with E-state index in [1.807, 2.05) is 25.1 Å². The van der Waals surface area contributed by atoms with Crippen molar-refractivity contribution in [3.05, 3.63) is 41.7 Å². The largest absolute Gasteiger partial charge is 0.386 e. The minimum absolute atomic E-state index is 0.215. The number of benzene rings is 1. The van der Waals surface area contributed by atoms with Crippen LogP contribution in [0.4, 0.5) is 14.5 Å². The molecular weight excluding hydrogens is 224 g/mol. The standard InChI is InChI=1S/C12H13F2N3/c1-8-3-4-11(10(7-8)15-2)17-6-5-9(16-17)12(13)14/h3-7,12,15H,1-2H3. The molecule has 17 heavy (non-hydrogen) atoms. The maximum Gasteiger partial charge on any atom is 0.282 e. The van der Waals surface area contributed by atoms with E-state index in [1.165, 1.54) is 16.9 Å². The van der Waals surface area contributed by atoms with Gasteiger partial charge < -0.3 is 5.32 Å². The van der Waals surface area contributed by atoms with Gasteiger partial charge in [0.25, 0.3) is 6.43 Å². The molecule has 0 aliphatic heterocycles. The molecule has 0 aliphatic rings. The van der Waals surface area contributed by atoms with Crippen LogP contribution in [0, 0.1) is 6.92 Å². The molecule has 90 valence electrons. The first-order valence-electron chi connectivity index (χ1n) is 5.24. The first-order valence-corrected chi connectivity index (χ1v) is 5.24. The quantitative estimate of drug-likeness (QED) is 0.888. The number of aromatic nitrogens is 2. The summed E-state index contributed by atoms with van der Waals surface area (Å²) in [5, 5.41) is 6.87. The van der Waals surface area contributed by atoms with Gasteiger partial charge in [-0.15, -0.1) is 0 Å². The number of halogens is 2. The molecule has 1 N–H and O–H groups in total. The maximum atomic E-state index is 12.5. The van der Waals surface area contributed by atoms with Crippen molar-refractivity contribution in [2.45, 2.75) is 13.3 Å². The van der Waals surface area contributed by atoms with E-state index in [2.05, 4.69) is 10.4 Å². The van der Waals surface area contributed by atoms with Gasteiger partial charge in [-0.2, -0.15) is 5.10 Å². The molecule has 0 spiro atoms. The lowest BCUT2D eigenvalue weighted by Crippen LogP contribution is -2.02. The van der Waals surface area contributed by atoms with E-state index in [0.29, 0.717) is 0 Å². The average Bonchev–Trinajstić information content (AvgIpc) is 2.78. The molecule has 0 saturated carbocycles. The third-order valence-corrected chi connectivity index (χ3v) is 2.50. The summed E-state index contributed by atoms with van der Waals surface area (Å²) >= 11 is 0. The molecule has 1 aromatic heterocycles. The van der Waals surface area contributed by atoms with Crippen molar-refractivity contribution in [3.63, 3.8) is 0 Å². The Morgan fingerprint density at radius 2 is 2.06 bits per heavy atom. The van der Waals surface area contributed by atoms with E-state index in [0.717, 1.165) is 16.9 Å². The van der Waals surface area contributed by atoms with Crippen LogP contribution in [0.3, 0.4) is 0 Å². The minimum Gasteiger partial charge on any atom is -0.386 e. The predicted molar refractivity (Wildman–Crippen MR) is 62.8 cm³/mol. The summed E-state index contributed by atoms with van der Waals surface area (Å²) in [6.07, 6.45) is -1.01. The van der Waals surface area contributed by atoms with Gasteiger partial charge in [0.1, 0.15) is 5.69 Å². The Kier molecular flexibility index (Phi) is 3.08. The van der Waals surface area contributed by atoms with E-state index in [-0.39, 0.29) is 5.69 Å². The highest BCUT2D eigenvalue weighted by Crippen LogP contribution is 2.23. The Morgan fingerprint density at radius 1 is 1.29 bits per heavy atom. The number of hydrogen-bond acceptors (Lipinski definition) is 2. The van der Waals surface area contributed by atoms with Crippen molar-refractivity contribution in [2.75, 3.05) is 12.4 Å². The van der Waals surface area contributed by atoms with Gasteiger partial charge in [-0.25, -0.2) is 13.5 Å². The van der Waals surface area contributed by atoms with Crippen molar-refractivity contribution >= 4 is 5.69 Å². The van der Waals surface area contributed by atoms with Gasteiger partial charge in [0.15, 0.2) is 0 Å². The lowest BCUT2D eigenvalue weighted by molar-refractivity contribution is 0.145. The van der Waals surface area contributed by atoms with E-state index in [9.17, 15) is 8.78 Å². The van der Waals surface area contributed by atoms with Crippen LogP contribution in [0.1, 0.15) is 17.7 Å². The highest BCUT2D eigenvalue weighted by molar-refractivity contribution is 5.61. The van der Waals surface area contributed by atoms with Crippen LogP contribution in [0.5, 0.6) is 0 Å². The fourth-order valence-corrected chi connectivity index (χ4v) is 1.64. The smallest absolute Gasteiger partial charge is 0.282 e. The van der Waals surface area contributed by atoms with Crippen LogP contribution >= 0.6 is 0 Å². The van der Waals surface area contributed by atoms with E-state index in [4.69, 9.17) is 0 Å². The van der Waals surface area contributed by atoms with Gasteiger partial charge in [-0.05, 0) is 30.7 Å². The van der Waals surface area contributed by atoms with Crippen LogP contribution in [-0.4, -0.2) is 16.8 Å². The first-order chi connectivity index (χ1) is 8.11. The number of anilines is 1. The summed E-state index contributed by atoms with van der Waals surface area (Å²) in [7, 11) is 1.79. The lowest BCUT2D eigenvalue weighted by atomic mass is 10.2. The Hall–Kier alpha value is -1.91. The molecule has 0 aliphatic carbocycles. The Balaban J connectivity index is 2.44. The molecule has 0 saturated heterocycles. The minimum atomic E-state index is -2.54. The number of nitrogens with one attached hydrogen (secondary N) is 1. The third-order valence-electron chi connectivity index (χ3n) is 2.50. The number of rotatable bonds is 3. The van der Waals surface area contributed by atoms with Gasteiger partial charge >= 0.3 is 0 Å². The topological polar surface area (TPSA) is 29.9 Å². The number of nitrogens with zero attached hydrogens (tertiary/aromatic N) is 2. The monoisotopic (exact) mass is 237 g/mol. The van der Waals surface area contributed by atoms with Crippen LogP contribution in [-0.2, 0) is 0 Å². The second-order valence-electron chi connectivity index (χ2n) is 3.76. The Bertz CT molecular complexity index is 520. The molecule has 0 unspecified atom stereocenters. The van der Waals surface area contributed by atoms with Crippen molar-refractivity contribution in [2.24, 2.45) is 0 Å². The van der Waals surface area contributed by atoms with E-state index < -0.39 is 6.43 Å². The first kappa shape index (κ1) is 11.6. The fourth-order valence-electron chi connectivity index (χ4n) is 1.64. The van der Waals surface area contributed by atoms with Gasteiger partial charge in [0.05, 0.1) is 11.4 Å². The van der Waals surface area contributed by atoms with Crippen molar-refractivity contribution in [1.82, 2.24) is 9.78 Å². The molecule has 0 amide bonds. The summed E-state index contributed by atoms with van der Waals surface area (Å²) < 4.78 is 26.4. The van der Waals surface area contributed by atoms with Gasteiger partial charge in [-0.3, -0.25) is 0 Å². The summed E-state index contributed by atoms with van der Waals surface area (Å²) in [5.41, 5.74) is 2.49. The van der Waals surface area contributed by atoms with E-state index in [1.54, 1.807) is 7.05 Å². The average molecular weight is 237 g/mol. The van der Waals surface area contributed by atoms with Crippen LogP contribution in [0.2, 0.25) is 0 Å². The van der Waals surface area contributed by atoms with Crippen molar-refractivity contribution < 1.29 is 8.78 Å². The number of alkyl halides is 2. The molecule has 0 fully saturated rings. The maximum absolute atomic E-state index is 12.5. The zero-order chi connectivity index (χ0) is 12.4. The summed E-state index contributed by atoms with van der Waals surface area (Å²) in [5.74, 6) is 0. The number of aryl methyl sites for hydroxylation is 1. The Labute approximate surface area is 98.1 Å². The molecule has 1 aromatic carbocycles. The van der Waals surface area contributed by atoms with Gasteiger partial charge in [0.2, 0.25) is 0 Å². The van der Waals surface area contributed by atoms with Gasteiger partial charge in [-0.1, -0.05) is 6.07 Å². The van der Waals surface area contributed by atoms with Crippen molar-refractivity contribution in [3.8, 4) is 5.69 Å². The third kappa shape index (κ3) is 2.27. The lowest BCUT2D eigenvalue weighted by Gasteiger charge is -2.09. The normalized spacial score (nSPS) is 10.9. The summed E-state index contributed by atoms with van der Waals surface area (Å²) in [4.78, 5) is 0. The van der Waals surface area contributed by atoms with E-state index >= 15 is 0 Å². The number of hydrogen-bond donors (Lipinski definition) is 1. The van der Waals surface area contributed by atoms with Crippen LogP contribution in [0.15, 0.2) is 30.5 Å². The molecule has 0 radical (unpaired) electrons. The molecule has 1 heterocycles. The second kappa shape index (κ2) is 4.53. The van der Waals surface area contributed by atoms with Crippen LogP contribution in [0.25, 0.3) is 5.69 Å². The summed E-state index contributed by atoms with van der Waals surface area (Å²) in [6, 6.07) is 7.03. The SMILES string of the molecule is CNc1cc(C)ccc1-n1ccc(C(F)F)n1.